The summed E-state index contributed by atoms with van der Waals surface area (Å²) < 4.78 is 1.01. The van der Waals surface area contributed by atoms with E-state index in [0.29, 0.717) is 0 Å². The molecule has 0 radical (unpaired) electrons. The molecule has 0 aromatic carbocycles. The van der Waals surface area contributed by atoms with Gasteiger partial charge in [-0.15, -0.1) is 11.3 Å². The van der Waals surface area contributed by atoms with Crippen LogP contribution < -0.4 is 10.6 Å². The predicted molar refractivity (Wildman–Crippen MR) is 77.3 cm³/mol. The van der Waals surface area contributed by atoms with Gasteiger partial charge in [-0.05, 0) is 48.0 Å². The Bertz CT molecular complexity index is 455. The molecular formula is C12H15BrN2O2S. The Kier molecular flexibility index (Phi) is 6.07. The maximum atomic E-state index is 11.4. The van der Waals surface area contributed by atoms with E-state index in [1.54, 1.807) is 6.08 Å². The van der Waals surface area contributed by atoms with E-state index in [4.69, 9.17) is 0 Å². The summed E-state index contributed by atoms with van der Waals surface area (Å²) in [7, 11) is 0. The third kappa shape index (κ3) is 5.97. The van der Waals surface area contributed by atoms with Crippen LogP contribution in [-0.2, 0) is 9.59 Å². The van der Waals surface area contributed by atoms with Crippen molar-refractivity contribution in [2.45, 2.75) is 19.9 Å². The summed E-state index contributed by atoms with van der Waals surface area (Å²) in [6.45, 7) is 3.73. The maximum absolute atomic E-state index is 11.4. The van der Waals surface area contributed by atoms with Crippen molar-refractivity contribution < 1.29 is 9.59 Å². The highest BCUT2D eigenvalue weighted by molar-refractivity contribution is 9.11. The van der Waals surface area contributed by atoms with Gasteiger partial charge in [-0.2, -0.15) is 0 Å². The molecule has 2 amide bonds. The Hall–Kier alpha value is -1.14. The van der Waals surface area contributed by atoms with Crippen LogP contribution in [0.4, 0.5) is 0 Å². The lowest BCUT2D eigenvalue weighted by atomic mass is 10.3. The topological polar surface area (TPSA) is 58.2 Å². The number of thiophene rings is 1. The van der Waals surface area contributed by atoms with Crippen LogP contribution in [0.1, 0.15) is 18.7 Å². The molecule has 0 atom stereocenters. The van der Waals surface area contributed by atoms with Crippen LogP contribution in [0.5, 0.6) is 0 Å². The molecule has 6 heteroatoms. The molecule has 0 unspecified atom stereocenters. The van der Waals surface area contributed by atoms with E-state index in [1.165, 1.54) is 17.4 Å². The van der Waals surface area contributed by atoms with Crippen molar-refractivity contribution >= 4 is 45.2 Å². The summed E-state index contributed by atoms with van der Waals surface area (Å²) in [6.07, 6.45) is 3.13. The zero-order valence-corrected chi connectivity index (χ0v) is 12.6. The molecule has 0 bridgehead atoms. The average Bonchev–Trinajstić information content (AvgIpc) is 2.69. The van der Waals surface area contributed by atoms with Gasteiger partial charge in [-0.1, -0.05) is 0 Å². The molecule has 2 N–H and O–H groups in total. The highest BCUT2D eigenvalue weighted by Crippen LogP contribution is 2.22. The molecule has 1 aromatic rings. The lowest BCUT2D eigenvalue weighted by molar-refractivity contribution is -0.124. The van der Waals surface area contributed by atoms with Crippen molar-refractivity contribution in [3.8, 4) is 0 Å². The van der Waals surface area contributed by atoms with E-state index in [1.807, 2.05) is 26.0 Å². The van der Waals surface area contributed by atoms with Crippen LogP contribution in [0.25, 0.3) is 6.08 Å². The maximum Gasteiger partial charge on any atom is 0.244 e. The minimum absolute atomic E-state index is 0.00448. The summed E-state index contributed by atoms with van der Waals surface area (Å²) in [4.78, 5) is 23.7. The van der Waals surface area contributed by atoms with Crippen LogP contribution in [0, 0.1) is 0 Å². The largest absolute Gasteiger partial charge is 0.352 e. The van der Waals surface area contributed by atoms with Gasteiger partial charge in [0, 0.05) is 17.0 Å². The molecule has 18 heavy (non-hydrogen) atoms. The number of hydrogen-bond donors (Lipinski definition) is 2. The minimum atomic E-state index is -0.279. The highest BCUT2D eigenvalue weighted by Gasteiger charge is 2.04. The zero-order chi connectivity index (χ0) is 13.5. The van der Waals surface area contributed by atoms with Gasteiger partial charge in [0.1, 0.15) is 0 Å². The van der Waals surface area contributed by atoms with Crippen molar-refractivity contribution in [3.63, 3.8) is 0 Å². The molecule has 1 aromatic heterocycles. The third-order valence-corrected chi connectivity index (χ3v) is 3.45. The van der Waals surface area contributed by atoms with Crippen molar-refractivity contribution in [3.05, 3.63) is 26.9 Å². The monoisotopic (exact) mass is 330 g/mol. The van der Waals surface area contributed by atoms with Crippen LogP contribution in [-0.4, -0.2) is 24.4 Å². The minimum Gasteiger partial charge on any atom is -0.352 e. The summed E-state index contributed by atoms with van der Waals surface area (Å²) in [5.74, 6) is -0.468. The molecule has 0 fully saturated rings. The fraction of sp³-hybridized carbons (Fsp3) is 0.333. The second kappa shape index (κ2) is 7.33. The Morgan fingerprint density at radius 2 is 2.17 bits per heavy atom. The first-order valence-corrected chi connectivity index (χ1v) is 7.09. The molecule has 1 heterocycles. The van der Waals surface area contributed by atoms with Crippen LogP contribution in [0.15, 0.2) is 22.0 Å². The van der Waals surface area contributed by atoms with Gasteiger partial charge < -0.3 is 10.6 Å². The molecule has 0 aliphatic heterocycles. The smallest absolute Gasteiger partial charge is 0.244 e. The second-order valence-electron chi connectivity index (χ2n) is 3.92. The molecule has 0 saturated carbocycles. The Balaban J connectivity index is 2.33. The number of rotatable bonds is 5. The summed E-state index contributed by atoms with van der Waals surface area (Å²) in [5.41, 5.74) is 0. The van der Waals surface area contributed by atoms with Gasteiger partial charge in [0.2, 0.25) is 11.8 Å². The van der Waals surface area contributed by atoms with Gasteiger partial charge in [0.15, 0.2) is 0 Å². The Labute approximate surface area is 119 Å². The van der Waals surface area contributed by atoms with Crippen LogP contribution in [0.3, 0.4) is 0 Å². The van der Waals surface area contributed by atoms with Crippen molar-refractivity contribution in [1.29, 1.82) is 0 Å². The first-order valence-electron chi connectivity index (χ1n) is 5.48. The van der Waals surface area contributed by atoms with Crippen LogP contribution >= 0.6 is 27.3 Å². The third-order valence-electron chi connectivity index (χ3n) is 1.87. The standard InChI is InChI=1S/C12H15BrN2O2S/c1-8(2)15-12(17)7-14-11(16)6-4-9-3-5-10(13)18-9/h3-6,8H,7H2,1-2H3,(H,14,16)(H,15,17)/b6-4+. The number of amides is 2. The number of carbonyl (C=O) groups excluding carboxylic acids is 2. The molecular weight excluding hydrogens is 316 g/mol. The van der Waals surface area contributed by atoms with E-state index in [9.17, 15) is 9.59 Å². The second-order valence-corrected chi connectivity index (χ2v) is 6.41. The van der Waals surface area contributed by atoms with E-state index in [2.05, 4.69) is 26.6 Å². The van der Waals surface area contributed by atoms with E-state index < -0.39 is 0 Å². The number of carbonyl (C=O) groups is 2. The first-order chi connectivity index (χ1) is 8.47. The van der Waals surface area contributed by atoms with Crippen molar-refractivity contribution in [2.24, 2.45) is 0 Å². The highest BCUT2D eigenvalue weighted by atomic mass is 79.9. The lowest BCUT2D eigenvalue weighted by Crippen LogP contribution is -2.39. The van der Waals surface area contributed by atoms with Gasteiger partial charge in [0.05, 0.1) is 10.3 Å². The fourth-order valence-electron chi connectivity index (χ4n) is 1.17. The number of halogens is 1. The Morgan fingerprint density at radius 3 is 2.72 bits per heavy atom. The first kappa shape index (κ1) is 14.9. The fourth-order valence-corrected chi connectivity index (χ4v) is 2.50. The Morgan fingerprint density at radius 1 is 1.44 bits per heavy atom. The van der Waals surface area contributed by atoms with Crippen LogP contribution in [0.2, 0.25) is 0 Å². The van der Waals surface area contributed by atoms with Gasteiger partial charge in [0.25, 0.3) is 0 Å². The van der Waals surface area contributed by atoms with E-state index in [-0.39, 0.29) is 24.4 Å². The molecule has 98 valence electrons. The predicted octanol–water partition coefficient (Wildman–Crippen LogP) is 2.16. The zero-order valence-electron chi connectivity index (χ0n) is 10.2. The summed E-state index contributed by atoms with van der Waals surface area (Å²) in [5, 5.41) is 5.21. The van der Waals surface area contributed by atoms with Crippen molar-refractivity contribution in [1.82, 2.24) is 10.6 Å². The van der Waals surface area contributed by atoms with Gasteiger partial charge >= 0.3 is 0 Å². The van der Waals surface area contributed by atoms with E-state index >= 15 is 0 Å². The molecule has 0 aliphatic rings. The molecule has 1 rings (SSSR count). The van der Waals surface area contributed by atoms with Gasteiger partial charge in [-0.25, -0.2) is 0 Å². The van der Waals surface area contributed by atoms with Gasteiger partial charge in [-0.3, -0.25) is 9.59 Å². The molecule has 4 nitrogen and oxygen atoms in total. The summed E-state index contributed by atoms with van der Waals surface area (Å²) in [6, 6.07) is 3.90. The molecule has 0 saturated heterocycles. The normalized spacial score (nSPS) is 10.9. The SMILES string of the molecule is CC(C)NC(=O)CNC(=O)/C=C/c1ccc(Br)s1. The average molecular weight is 331 g/mol. The number of hydrogen-bond acceptors (Lipinski definition) is 3. The van der Waals surface area contributed by atoms with E-state index in [0.717, 1.165) is 8.66 Å². The molecule has 0 aliphatic carbocycles. The van der Waals surface area contributed by atoms with Crippen molar-refractivity contribution in [2.75, 3.05) is 6.54 Å². The summed E-state index contributed by atoms with van der Waals surface area (Å²) >= 11 is 4.88. The lowest BCUT2D eigenvalue weighted by Gasteiger charge is -2.07. The number of nitrogens with one attached hydrogen (secondary N) is 2. The molecule has 0 spiro atoms. The quantitative estimate of drug-likeness (QED) is 0.813.